The Morgan fingerprint density at radius 2 is 1.45 bits per heavy atom. The minimum atomic E-state index is 0.174. The fourth-order valence-corrected chi connectivity index (χ4v) is 5.16. The van der Waals surface area contributed by atoms with Gasteiger partial charge in [0.1, 0.15) is 0 Å². The van der Waals surface area contributed by atoms with E-state index in [1.807, 2.05) is 4.90 Å². The molecule has 5 heteroatoms. The van der Waals surface area contributed by atoms with Crippen molar-refractivity contribution in [3.8, 4) is 0 Å². The van der Waals surface area contributed by atoms with E-state index in [0.29, 0.717) is 18.4 Å². The van der Waals surface area contributed by atoms with E-state index in [-0.39, 0.29) is 11.8 Å². The molecule has 1 aromatic rings. The lowest BCUT2D eigenvalue weighted by atomic mass is 9.90. The third-order valence-corrected chi connectivity index (χ3v) is 7.05. The van der Waals surface area contributed by atoms with Crippen LogP contribution in [0.5, 0.6) is 0 Å². The van der Waals surface area contributed by atoms with Gasteiger partial charge in [-0.2, -0.15) is 0 Å². The van der Waals surface area contributed by atoms with Gasteiger partial charge >= 0.3 is 0 Å². The van der Waals surface area contributed by atoms with Gasteiger partial charge in [-0.15, -0.1) is 0 Å². The Kier molecular flexibility index (Phi) is 6.86. The van der Waals surface area contributed by atoms with Crippen molar-refractivity contribution in [3.63, 3.8) is 0 Å². The van der Waals surface area contributed by atoms with Crippen LogP contribution in [0.25, 0.3) is 0 Å². The van der Waals surface area contributed by atoms with Crippen LogP contribution < -0.4 is 0 Å². The first-order chi connectivity index (χ1) is 14.2. The van der Waals surface area contributed by atoms with E-state index in [4.69, 9.17) is 0 Å². The molecule has 0 spiro atoms. The standard InChI is InChI=1S/C24H35N3O2/c28-23(26-16-8-21(9-17-26)18-20-6-2-1-3-7-20)19-25-14-10-22(11-15-25)24(29)27-12-4-5-13-27/h1-3,6-7,21-22H,4-5,8-19H2. The van der Waals surface area contributed by atoms with Crippen LogP contribution in [0.2, 0.25) is 0 Å². The van der Waals surface area contributed by atoms with Gasteiger partial charge in [0.25, 0.3) is 0 Å². The molecular weight excluding hydrogens is 362 g/mol. The molecule has 0 aliphatic carbocycles. The average molecular weight is 398 g/mol. The smallest absolute Gasteiger partial charge is 0.236 e. The Balaban J connectivity index is 1.16. The van der Waals surface area contributed by atoms with Crippen molar-refractivity contribution in [1.29, 1.82) is 0 Å². The van der Waals surface area contributed by atoms with Crippen molar-refractivity contribution in [1.82, 2.24) is 14.7 Å². The van der Waals surface area contributed by atoms with Crippen molar-refractivity contribution in [2.45, 2.75) is 44.9 Å². The molecule has 0 saturated carbocycles. The molecule has 3 aliphatic heterocycles. The van der Waals surface area contributed by atoms with Gasteiger partial charge in [-0.05, 0) is 69.5 Å². The van der Waals surface area contributed by atoms with Crippen molar-refractivity contribution in [2.24, 2.45) is 11.8 Å². The first-order valence-corrected chi connectivity index (χ1v) is 11.5. The van der Waals surface area contributed by atoms with E-state index < -0.39 is 0 Å². The molecule has 5 nitrogen and oxygen atoms in total. The largest absolute Gasteiger partial charge is 0.342 e. The molecule has 3 fully saturated rings. The van der Waals surface area contributed by atoms with E-state index in [0.717, 1.165) is 84.2 Å². The molecule has 3 heterocycles. The summed E-state index contributed by atoms with van der Waals surface area (Å²) < 4.78 is 0. The summed E-state index contributed by atoms with van der Waals surface area (Å²) in [5, 5.41) is 0. The molecule has 4 rings (SSSR count). The summed E-state index contributed by atoms with van der Waals surface area (Å²) in [5.41, 5.74) is 1.41. The molecular formula is C24H35N3O2. The van der Waals surface area contributed by atoms with Gasteiger partial charge in [0, 0.05) is 32.1 Å². The number of piperidine rings is 2. The number of hydrogen-bond acceptors (Lipinski definition) is 3. The SMILES string of the molecule is O=C(CN1CCC(C(=O)N2CCCC2)CC1)N1CCC(Cc2ccccc2)CC1. The fraction of sp³-hybridized carbons (Fsp3) is 0.667. The third-order valence-electron chi connectivity index (χ3n) is 7.05. The highest BCUT2D eigenvalue weighted by Crippen LogP contribution is 2.24. The number of hydrogen-bond donors (Lipinski definition) is 0. The highest BCUT2D eigenvalue weighted by molar-refractivity contribution is 5.80. The molecule has 0 aromatic heterocycles. The highest BCUT2D eigenvalue weighted by Gasteiger charge is 2.31. The van der Waals surface area contributed by atoms with E-state index >= 15 is 0 Å². The number of carbonyl (C=O) groups excluding carboxylic acids is 2. The minimum absolute atomic E-state index is 0.174. The molecule has 3 saturated heterocycles. The van der Waals surface area contributed by atoms with Crippen LogP contribution in [0.4, 0.5) is 0 Å². The second kappa shape index (κ2) is 9.75. The van der Waals surface area contributed by atoms with Gasteiger partial charge in [-0.25, -0.2) is 0 Å². The molecule has 29 heavy (non-hydrogen) atoms. The maximum absolute atomic E-state index is 12.8. The predicted molar refractivity (Wildman–Crippen MR) is 114 cm³/mol. The van der Waals surface area contributed by atoms with Crippen LogP contribution in [0.3, 0.4) is 0 Å². The first-order valence-electron chi connectivity index (χ1n) is 11.5. The van der Waals surface area contributed by atoms with Crippen molar-refractivity contribution in [3.05, 3.63) is 35.9 Å². The number of carbonyl (C=O) groups is 2. The molecule has 3 aliphatic rings. The topological polar surface area (TPSA) is 43.9 Å². The zero-order chi connectivity index (χ0) is 20.1. The normalized spacial score (nSPS) is 22.2. The zero-order valence-corrected chi connectivity index (χ0v) is 17.6. The van der Waals surface area contributed by atoms with Crippen molar-refractivity contribution in [2.75, 3.05) is 45.8 Å². The fourth-order valence-electron chi connectivity index (χ4n) is 5.16. The van der Waals surface area contributed by atoms with E-state index in [9.17, 15) is 9.59 Å². The van der Waals surface area contributed by atoms with Gasteiger partial charge in [-0.3, -0.25) is 14.5 Å². The lowest BCUT2D eigenvalue weighted by molar-refractivity contribution is -0.137. The maximum Gasteiger partial charge on any atom is 0.236 e. The van der Waals surface area contributed by atoms with Gasteiger partial charge in [0.15, 0.2) is 0 Å². The molecule has 0 atom stereocenters. The Hall–Kier alpha value is -1.88. The van der Waals surface area contributed by atoms with Crippen LogP contribution in [-0.4, -0.2) is 72.3 Å². The van der Waals surface area contributed by atoms with Crippen molar-refractivity contribution < 1.29 is 9.59 Å². The van der Waals surface area contributed by atoms with Gasteiger partial charge in [0.2, 0.25) is 11.8 Å². The third kappa shape index (κ3) is 5.39. The molecule has 0 radical (unpaired) electrons. The lowest BCUT2D eigenvalue weighted by Crippen LogP contribution is -2.47. The summed E-state index contributed by atoms with van der Waals surface area (Å²) in [6.07, 6.45) is 7.45. The molecule has 0 bridgehead atoms. The summed E-state index contributed by atoms with van der Waals surface area (Å²) in [7, 11) is 0. The Bertz CT molecular complexity index is 671. The summed E-state index contributed by atoms with van der Waals surface area (Å²) in [5.74, 6) is 1.49. The van der Waals surface area contributed by atoms with Crippen LogP contribution in [0, 0.1) is 11.8 Å². The van der Waals surface area contributed by atoms with Crippen LogP contribution in [0.15, 0.2) is 30.3 Å². The molecule has 2 amide bonds. The van der Waals surface area contributed by atoms with Crippen LogP contribution >= 0.6 is 0 Å². The molecule has 0 unspecified atom stereocenters. The van der Waals surface area contributed by atoms with Crippen molar-refractivity contribution >= 4 is 11.8 Å². The Labute approximate surface area is 175 Å². The van der Waals surface area contributed by atoms with E-state index in [1.165, 1.54) is 5.56 Å². The second-order valence-corrected chi connectivity index (χ2v) is 9.10. The summed E-state index contributed by atoms with van der Waals surface area (Å²) in [6.45, 7) is 5.94. The summed E-state index contributed by atoms with van der Waals surface area (Å²) in [4.78, 5) is 31.7. The van der Waals surface area contributed by atoms with E-state index in [1.54, 1.807) is 0 Å². The summed E-state index contributed by atoms with van der Waals surface area (Å²) in [6, 6.07) is 10.7. The quantitative estimate of drug-likeness (QED) is 0.767. The maximum atomic E-state index is 12.8. The Morgan fingerprint density at radius 1 is 0.793 bits per heavy atom. The van der Waals surface area contributed by atoms with Crippen LogP contribution in [-0.2, 0) is 16.0 Å². The van der Waals surface area contributed by atoms with Gasteiger partial charge in [0.05, 0.1) is 6.54 Å². The number of likely N-dealkylation sites (tertiary alicyclic amines) is 3. The van der Waals surface area contributed by atoms with Gasteiger partial charge in [-0.1, -0.05) is 30.3 Å². The summed E-state index contributed by atoms with van der Waals surface area (Å²) >= 11 is 0. The molecule has 158 valence electrons. The highest BCUT2D eigenvalue weighted by atomic mass is 16.2. The minimum Gasteiger partial charge on any atom is -0.342 e. The first kappa shape index (κ1) is 20.4. The number of nitrogens with zero attached hydrogens (tertiary/aromatic N) is 3. The Morgan fingerprint density at radius 3 is 2.10 bits per heavy atom. The van der Waals surface area contributed by atoms with Crippen LogP contribution in [0.1, 0.15) is 44.1 Å². The lowest BCUT2D eigenvalue weighted by Gasteiger charge is -2.36. The number of rotatable bonds is 5. The zero-order valence-electron chi connectivity index (χ0n) is 17.6. The number of amides is 2. The average Bonchev–Trinajstić information content (AvgIpc) is 3.30. The second-order valence-electron chi connectivity index (χ2n) is 9.10. The molecule has 0 N–H and O–H groups in total. The van der Waals surface area contributed by atoms with E-state index in [2.05, 4.69) is 40.1 Å². The monoisotopic (exact) mass is 397 g/mol. The van der Waals surface area contributed by atoms with Gasteiger partial charge < -0.3 is 9.80 Å². The molecule has 1 aromatic carbocycles. The number of benzene rings is 1. The predicted octanol–water partition coefficient (Wildman–Crippen LogP) is 2.80.